The summed E-state index contributed by atoms with van der Waals surface area (Å²) in [4.78, 5) is 32.5. The van der Waals surface area contributed by atoms with Gasteiger partial charge in [-0.25, -0.2) is 9.59 Å². The Labute approximate surface area is 105 Å². The molecular weight excluding hydrogens is 242 g/mol. The molecule has 0 aromatic rings. The van der Waals surface area contributed by atoms with Crippen LogP contribution < -0.4 is 16.0 Å². The van der Waals surface area contributed by atoms with Gasteiger partial charge in [-0.15, -0.1) is 0 Å². The molecule has 0 saturated carbocycles. The molecule has 0 aromatic carbocycles. The van der Waals surface area contributed by atoms with E-state index in [2.05, 4.69) is 16.0 Å². The van der Waals surface area contributed by atoms with Crippen LogP contribution in [0.3, 0.4) is 0 Å². The van der Waals surface area contributed by atoms with Crippen LogP contribution in [0.25, 0.3) is 0 Å². The quantitative estimate of drug-likeness (QED) is 0.387. The molecule has 0 spiro atoms. The SMILES string of the molecule is CC(C)NC(=O)CCNC(=O)NCC(O)C(=O)O. The number of nitrogens with one attached hydrogen (secondary N) is 3. The largest absolute Gasteiger partial charge is 0.479 e. The fraction of sp³-hybridized carbons (Fsp3) is 0.700. The Morgan fingerprint density at radius 3 is 2.28 bits per heavy atom. The van der Waals surface area contributed by atoms with Crippen LogP contribution in [-0.2, 0) is 9.59 Å². The van der Waals surface area contributed by atoms with E-state index in [4.69, 9.17) is 10.2 Å². The van der Waals surface area contributed by atoms with Gasteiger partial charge in [0.1, 0.15) is 0 Å². The zero-order chi connectivity index (χ0) is 14.1. The average molecular weight is 261 g/mol. The molecule has 1 unspecified atom stereocenters. The van der Waals surface area contributed by atoms with E-state index in [1.165, 1.54) is 0 Å². The predicted molar refractivity (Wildman–Crippen MR) is 62.9 cm³/mol. The molecule has 8 nitrogen and oxygen atoms in total. The second-order valence-electron chi connectivity index (χ2n) is 3.96. The number of aliphatic carboxylic acids is 1. The molecule has 0 bridgehead atoms. The topological polar surface area (TPSA) is 128 Å². The van der Waals surface area contributed by atoms with Gasteiger partial charge in [-0.05, 0) is 13.8 Å². The lowest BCUT2D eigenvalue weighted by atomic mass is 10.3. The molecule has 5 N–H and O–H groups in total. The monoisotopic (exact) mass is 261 g/mol. The number of aliphatic hydroxyl groups excluding tert-OH is 1. The number of amides is 3. The highest BCUT2D eigenvalue weighted by Crippen LogP contribution is 1.83. The van der Waals surface area contributed by atoms with Crippen LogP contribution >= 0.6 is 0 Å². The minimum absolute atomic E-state index is 0.0389. The van der Waals surface area contributed by atoms with Gasteiger partial charge in [0, 0.05) is 19.0 Å². The standard InChI is InChI=1S/C10H19N3O5/c1-6(2)13-8(15)3-4-11-10(18)12-5-7(14)9(16)17/h6-7,14H,3-5H2,1-2H3,(H,13,15)(H,16,17)(H2,11,12,18). The molecule has 1 atom stereocenters. The third-order valence-corrected chi connectivity index (χ3v) is 1.83. The van der Waals surface area contributed by atoms with Gasteiger partial charge in [0.2, 0.25) is 5.91 Å². The van der Waals surface area contributed by atoms with Crippen LogP contribution in [0, 0.1) is 0 Å². The lowest BCUT2D eigenvalue weighted by Crippen LogP contribution is -2.43. The van der Waals surface area contributed by atoms with Crippen molar-refractivity contribution in [3.05, 3.63) is 0 Å². The molecule has 0 aliphatic heterocycles. The zero-order valence-electron chi connectivity index (χ0n) is 10.4. The molecule has 0 rings (SSSR count). The lowest BCUT2D eigenvalue weighted by Gasteiger charge is -2.10. The summed E-state index contributed by atoms with van der Waals surface area (Å²) < 4.78 is 0. The van der Waals surface area contributed by atoms with Crippen molar-refractivity contribution in [2.45, 2.75) is 32.4 Å². The van der Waals surface area contributed by atoms with Gasteiger partial charge >= 0.3 is 12.0 Å². The summed E-state index contributed by atoms with van der Waals surface area (Å²) in [5, 5.41) is 24.4. The normalized spacial score (nSPS) is 11.8. The van der Waals surface area contributed by atoms with Crippen molar-refractivity contribution < 1.29 is 24.6 Å². The van der Waals surface area contributed by atoms with E-state index in [0.717, 1.165) is 0 Å². The second-order valence-corrected chi connectivity index (χ2v) is 3.96. The fourth-order valence-corrected chi connectivity index (χ4v) is 1.02. The van der Waals surface area contributed by atoms with E-state index >= 15 is 0 Å². The summed E-state index contributed by atoms with van der Waals surface area (Å²) in [5.74, 6) is -1.59. The van der Waals surface area contributed by atoms with Crippen molar-refractivity contribution in [3.8, 4) is 0 Å². The zero-order valence-corrected chi connectivity index (χ0v) is 10.4. The highest BCUT2D eigenvalue weighted by atomic mass is 16.4. The van der Waals surface area contributed by atoms with Gasteiger partial charge in [-0.2, -0.15) is 0 Å². The van der Waals surface area contributed by atoms with E-state index in [9.17, 15) is 14.4 Å². The van der Waals surface area contributed by atoms with Gasteiger partial charge in [-0.3, -0.25) is 4.79 Å². The number of hydrogen-bond donors (Lipinski definition) is 5. The first kappa shape index (κ1) is 16.2. The first-order valence-electron chi connectivity index (χ1n) is 5.55. The Bertz CT molecular complexity index is 306. The van der Waals surface area contributed by atoms with Crippen LogP contribution in [0.15, 0.2) is 0 Å². The van der Waals surface area contributed by atoms with Gasteiger partial charge in [-0.1, -0.05) is 0 Å². The Balaban J connectivity index is 3.65. The van der Waals surface area contributed by atoms with Crippen molar-refractivity contribution in [2.24, 2.45) is 0 Å². The summed E-state index contributed by atoms with van der Waals surface area (Å²) in [6, 6.07) is -0.593. The third-order valence-electron chi connectivity index (χ3n) is 1.83. The molecule has 0 aliphatic carbocycles. The molecule has 0 aliphatic rings. The molecule has 0 heterocycles. The molecule has 18 heavy (non-hydrogen) atoms. The van der Waals surface area contributed by atoms with E-state index < -0.39 is 18.1 Å². The maximum atomic E-state index is 11.2. The number of carbonyl (C=O) groups is 3. The Morgan fingerprint density at radius 2 is 1.78 bits per heavy atom. The van der Waals surface area contributed by atoms with Crippen LogP contribution in [0.2, 0.25) is 0 Å². The van der Waals surface area contributed by atoms with Gasteiger partial charge in [0.05, 0.1) is 6.54 Å². The number of carbonyl (C=O) groups excluding carboxylic acids is 2. The summed E-state index contributed by atoms with van der Waals surface area (Å²) in [5.41, 5.74) is 0. The summed E-state index contributed by atoms with van der Waals surface area (Å²) in [7, 11) is 0. The van der Waals surface area contributed by atoms with Crippen molar-refractivity contribution in [2.75, 3.05) is 13.1 Å². The maximum Gasteiger partial charge on any atom is 0.334 e. The van der Waals surface area contributed by atoms with Crippen molar-refractivity contribution in [3.63, 3.8) is 0 Å². The number of carboxylic acid groups (broad SMARTS) is 1. The second kappa shape index (κ2) is 8.29. The highest BCUT2D eigenvalue weighted by Gasteiger charge is 2.13. The Hall–Kier alpha value is -1.83. The summed E-state index contributed by atoms with van der Waals surface area (Å²) in [6.07, 6.45) is -1.51. The molecular formula is C10H19N3O5. The van der Waals surface area contributed by atoms with Gasteiger partial charge in [0.25, 0.3) is 0 Å². The van der Waals surface area contributed by atoms with E-state index in [1.54, 1.807) is 0 Å². The fourth-order valence-electron chi connectivity index (χ4n) is 1.02. The van der Waals surface area contributed by atoms with Crippen molar-refractivity contribution >= 4 is 17.9 Å². The van der Waals surface area contributed by atoms with E-state index in [-0.39, 0.29) is 31.5 Å². The van der Waals surface area contributed by atoms with E-state index in [1.807, 2.05) is 13.8 Å². The molecule has 8 heteroatoms. The van der Waals surface area contributed by atoms with Crippen molar-refractivity contribution in [1.29, 1.82) is 0 Å². The molecule has 3 amide bonds. The summed E-state index contributed by atoms with van der Waals surface area (Å²) >= 11 is 0. The van der Waals surface area contributed by atoms with E-state index in [0.29, 0.717) is 0 Å². The van der Waals surface area contributed by atoms with Crippen LogP contribution in [0.1, 0.15) is 20.3 Å². The number of carboxylic acids is 1. The number of aliphatic hydroxyl groups is 1. The average Bonchev–Trinajstić information content (AvgIpc) is 2.24. The Morgan fingerprint density at radius 1 is 1.17 bits per heavy atom. The smallest absolute Gasteiger partial charge is 0.334 e. The van der Waals surface area contributed by atoms with Crippen LogP contribution in [0.5, 0.6) is 0 Å². The Kier molecular flexibility index (Phi) is 7.45. The highest BCUT2D eigenvalue weighted by molar-refractivity contribution is 5.79. The predicted octanol–water partition coefficient (Wildman–Crippen LogP) is -1.35. The summed E-state index contributed by atoms with van der Waals surface area (Å²) in [6.45, 7) is 3.39. The van der Waals surface area contributed by atoms with Gasteiger partial charge in [0.15, 0.2) is 6.10 Å². The molecule has 0 fully saturated rings. The number of rotatable bonds is 7. The lowest BCUT2D eigenvalue weighted by molar-refractivity contribution is -0.146. The molecule has 0 radical (unpaired) electrons. The van der Waals surface area contributed by atoms with Crippen LogP contribution in [0.4, 0.5) is 4.79 Å². The first-order chi connectivity index (χ1) is 8.32. The maximum absolute atomic E-state index is 11.2. The van der Waals surface area contributed by atoms with Gasteiger partial charge < -0.3 is 26.2 Å². The minimum atomic E-state index is -1.64. The number of hydrogen-bond acceptors (Lipinski definition) is 4. The van der Waals surface area contributed by atoms with Crippen LogP contribution in [-0.4, -0.2) is 53.4 Å². The molecule has 0 saturated heterocycles. The third kappa shape index (κ3) is 8.34. The molecule has 104 valence electrons. The minimum Gasteiger partial charge on any atom is -0.479 e. The first-order valence-corrected chi connectivity index (χ1v) is 5.55. The van der Waals surface area contributed by atoms with Crippen molar-refractivity contribution in [1.82, 2.24) is 16.0 Å². The number of urea groups is 1. The molecule has 0 aromatic heterocycles.